The number of urea groups is 1. The third-order valence-corrected chi connectivity index (χ3v) is 2.50. The van der Waals surface area contributed by atoms with E-state index in [0.29, 0.717) is 12.1 Å². The van der Waals surface area contributed by atoms with Gasteiger partial charge in [-0.2, -0.15) is 0 Å². The molecule has 7 heteroatoms. The third-order valence-electron chi connectivity index (χ3n) is 2.50. The van der Waals surface area contributed by atoms with Gasteiger partial charge in [-0.3, -0.25) is 10.1 Å². The normalized spacial score (nSPS) is 9.81. The number of aliphatic hydroxyl groups excluding tert-OH is 1. The third kappa shape index (κ3) is 6.05. The summed E-state index contributed by atoms with van der Waals surface area (Å²) in [6, 6.07) is 5.51. The zero-order chi connectivity index (χ0) is 15.7. The molecule has 0 bridgehead atoms. The van der Waals surface area contributed by atoms with Crippen LogP contribution in [0.2, 0.25) is 0 Å². The fourth-order valence-electron chi connectivity index (χ4n) is 1.41. The maximum atomic E-state index is 11.6. The smallest absolute Gasteiger partial charge is 0.338 e. The summed E-state index contributed by atoms with van der Waals surface area (Å²) in [4.78, 5) is 34.2. The number of hydrogen-bond acceptors (Lipinski definition) is 5. The molecule has 21 heavy (non-hydrogen) atoms. The highest BCUT2D eigenvalue weighted by Gasteiger charge is 2.12. The van der Waals surface area contributed by atoms with E-state index in [1.165, 1.54) is 12.1 Å². The van der Waals surface area contributed by atoms with Gasteiger partial charge in [-0.1, -0.05) is 19.1 Å². The van der Waals surface area contributed by atoms with Gasteiger partial charge in [-0.05, 0) is 24.1 Å². The topological polar surface area (TPSA) is 105 Å². The fourth-order valence-corrected chi connectivity index (χ4v) is 1.41. The average molecular weight is 294 g/mol. The second kappa shape index (κ2) is 8.70. The highest BCUT2D eigenvalue weighted by Crippen LogP contribution is 2.05. The molecule has 0 aliphatic rings. The van der Waals surface area contributed by atoms with Gasteiger partial charge in [0.1, 0.15) is 0 Å². The molecule has 0 aromatic heterocycles. The SMILES string of the molecule is CCCNC(=O)NC(=O)COC(=O)c1ccc(CO)cc1. The Morgan fingerprint density at radius 2 is 1.86 bits per heavy atom. The first kappa shape index (κ1) is 16.6. The molecule has 0 unspecified atom stereocenters. The van der Waals surface area contributed by atoms with E-state index in [1.807, 2.05) is 12.2 Å². The number of esters is 1. The van der Waals surface area contributed by atoms with Crippen molar-refractivity contribution in [2.75, 3.05) is 13.2 Å². The summed E-state index contributed by atoms with van der Waals surface area (Å²) in [5.41, 5.74) is 0.923. The second-order valence-corrected chi connectivity index (χ2v) is 4.24. The molecule has 0 saturated heterocycles. The zero-order valence-corrected chi connectivity index (χ0v) is 11.7. The van der Waals surface area contributed by atoms with E-state index in [0.717, 1.165) is 6.42 Å². The highest BCUT2D eigenvalue weighted by atomic mass is 16.5. The summed E-state index contributed by atoms with van der Waals surface area (Å²) in [7, 11) is 0. The number of benzene rings is 1. The van der Waals surface area contributed by atoms with E-state index in [9.17, 15) is 14.4 Å². The predicted octanol–water partition coefficient (Wildman–Crippen LogP) is 0.571. The van der Waals surface area contributed by atoms with Crippen LogP contribution in [0.5, 0.6) is 0 Å². The van der Waals surface area contributed by atoms with E-state index in [2.05, 4.69) is 5.32 Å². The Hall–Kier alpha value is -2.41. The van der Waals surface area contributed by atoms with Crippen molar-refractivity contribution < 1.29 is 24.2 Å². The van der Waals surface area contributed by atoms with Gasteiger partial charge in [-0.15, -0.1) is 0 Å². The molecular weight excluding hydrogens is 276 g/mol. The Kier molecular flexibility index (Phi) is 6.90. The van der Waals surface area contributed by atoms with E-state index in [-0.39, 0.29) is 12.2 Å². The number of amides is 3. The first-order chi connectivity index (χ1) is 10.1. The van der Waals surface area contributed by atoms with Crippen LogP contribution in [0.3, 0.4) is 0 Å². The van der Waals surface area contributed by atoms with Crippen molar-refractivity contribution in [3.8, 4) is 0 Å². The van der Waals surface area contributed by atoms with Crippen LogP contribution in [0.4, 0.5) is 4.79 Å². The van der Waals surface area contributed by atoms with Crippen molar-refractivity contribution in [1.82, 2.24) is 10.6 Å². The minimum Gasteiger partial charge on any atom is -0.452 e. The molecule has 1 aromatic rings. The lowest BCUT2D eigenvalue weighted by Gasteiger charge is -2.07. The fraction of sp³-hybridized carbons (Fsp3) is 0.357. The van der Waals surface area contributed by atoms with Gasteiger partial charge in [0.15, 0.2) is 6.61 Å². The van der Waals surface area contributed by atoms with Crippen LogP contribution in [0.15, 0.2) is 24.3 Å². The van der Waals surface area contributed by atoms with Gasteiger partial charge in [0.05, 0.1) is 12.2 Å². The average Bonchev–Trinajstić information content (AvgIpc) is 2.50. The largest absolute Gasteiger partial charge is 0.452 e. The van der Waals surface area contributed by atoms with Crippen molar-refractivity contribution >= 4 is 17.9 Å². The van der Waals surface area contributed by atoms with Gasteiger partial charge in [0.25, 0.3) is 5.91 Å². The predicted molar refractivity (Wildman–Crippen MR) is 74.5 cm³/mol. The number of hydrogen-bond donors (Lipinski definition) is 3. The molecule has 0 spiro atoms. The van der Waals surface area contributed by atoms with E-state index in [1.54, 1.807) is 12.1 Å². The van der Waals surface area contributed by atoms with E-state index in [4.69, 9.17) is 9.84 Å². The molecule has 0 heterocycles. The number of imide groups is 1. The molecule has 3 amide bonds. The monoisotopic (exact) mass is 294 g/mol. The van der Waals surface area contributed by atoms with Gasteiger partial charge in [0, 0.05) is 6.54 Å². The molecule has 3 N–H and O–H groups in total. The van der Waals surface area contributed by atoms with Crippen molar-refractivity contribution in [1.29, 1.82) is 0 Å². The molecule has 1 aromatic carbocycles. The summed E-state index contributed by atoms with van der Waals surface area (Å²) in [5.74, 6) is -1.38. The molecule has 0 fully saturated rings. The lowest BCUT2D eigenvalue weighted by Crippen LogP contribution is -2.41. The Morgan fingerprint density at radius 3 is 2.43 bits per heavy atom. The van der Waals surface area contributed by atoms with Crippen LogP contribution < -0.4 is 10.6 Å². The Balaban J connectivity index is 2.37. The summed E-state index contributed by atoms with van der Waals surface area (Å²) >= 11 is 0. The van der Waals surface area contributed by atoms with Crippen molar-refractivity contribution in [2.45, 2.75) is 20.0 Å². The van der Waals surface area contributed by atoms with Crippen LogP contribution in [0, 0.1) is 0 Å². The summed E-state index contributed by atoms with van der Waals surface area (Å²) < 4.78 is 4.78. The van der Waals surface area contributed by atoms with Crippen molar-refractivity contribution in [3.63, 3.8) is 0 Å². The van der Waals surface area contributed by atoms with Gasteiger partial charge >= 0.3 is 12.0 Å². The van der Waals surface area contributed by atoms with Gasteiger partial charge in [-0.25, -0.2) is 9.59 Å². The number of rotatable bonds is 6. The van der Waals surface area contributed by atoms with Crippen LogP contribution >= 0.6 is 0 Å². The second-order valence-electron chi connectivity index (χ2n) is 4.24. The quantitative estimate of drug-likeness (QED) is 0.665. The molecular formula is C14H18N2O5. The van der Waals surface area contributed by atoms with Crippen LogP contribution in [-0.2, 0) is 16.1 Å². The molecule has 0 atom stereocenters. The lowest BCUT2D eigenvalue weighted by molar-refractivity contribution is -0.123. The van der Waals surface area contributed by atoms with Crippen LogP contribution in [-0.4, -0.2) is 36.2 Å². The van der Waals surface area contributed by atoms with Crippen LogP contribution in [0.1, 0.15) is 29.3 Å². The number of nitrogens with one attached hydrogen (secondary N) is 2. The number of carbonyl (C=O) groups excluding carboxylic acids is 3. The Bertz CT molecular complexity index is 499. The molecule has 7 nitrogen and oxygen atoms in total. The van der Waals surface area contributed by atoms with Gasteiger partial charge in [0.2, 0.25) is 0 Å². The first-order valence-electron chi connectivity index (χ1n) is 6.51. The zero-order valence-electron chi connectivity index (χ0n) is 11.7. The molecule has 0 aliphatic heterocycles. The summed E-state index contributed by atoms with van der Waals surface area (Å²) in [6.07, 6.45) is 0.750. The number of carbonyl (C=O) groups is 3. The molecule has 114 valence electrons. The summed E-state index contributed by atoms with van der Waals surface area (Å²) in [5, 5.41) is 13.4. The first-order valence-corrected chi connectivity index (χ1v) is 6.51. The highest BCUT2D eigenvalue weighted by molar-refractivity contribution is 5.96. The molecule has 0 saturated carbocycles. The number of ether oxygens (including phenoxy) is 1. The standard InChI is InChI=1S/C14H18N2O5/c1-2-7-15-14(20)16-12(18)9-21-13(19)11-5-3-10(8-17)4-6-11/h3-6,17H,2,7-9H2,1H3,(H2,15,16,18,20). The minimum absolute atomic E-state index is 0.120. The van der Waals surface area contributed by atoms with E-state index >= 15 is 0 Å². The Morgan fingerprint density at radius 1 is 1.19 bits per heavy atom. The van der Waals surface area contributed by atoms with Crippen LogP contribution in [0.25, 0.3) is 0 Å². The maximum absolute atomic E-state index is 11.6. The maximum Gasteiger partial charge on any atom is 0.338 e. The molecule has 0 radical (unpaired) electrons. The number of aliphatic hydroxyl groups is 1. The van der Waals surface area contributed by atoms with Crippen molar-refractivity contribution in [2.24, 2.45) is 0 Å². The molecule has 0 aliphatic carbocycles. The molecule has 1 rings (SSSR count). The minimum atomic E-state index is -0.705. The Labute approximate surface area is 122 Å². The lowest BCUT2D eigenvalue weighted by atomic mass is 10.1. The van der Waals surface area contributed by atoms with Crippen molar-refractivity contribution in [3.05, 3.63) is 35.4 Å². The summed E-state index contributed by atoms with van der Waals surface area (Å²) in [6.45, 7) is 1.67. The van der Waals surface area contributed by atoms with Gasteiger partial charge < -0.3 is 15.2 Å². The van der Waals surface area contributed by atoms with E-state index < -0.39 is 24.5 Å².